The third-order valence-electron chi connectivity index (χ3n) is 4.84. The number of carbonyl (C=O) groups excluding carboxylic acids is 1. The summed E-state index contributed by atoms with van der Waals surface area (Å²) in [6.07, 6.45) is 1.49. The summed E-state index contributed by atoms with van der Waals surface area (Å²) in [6.45, 7) is 2.62. The number of fused-ring (bicyclic) bond motifs is 1. The Bertz CT molecular complexity index is 834. The van der Waals surface area contributed by atoms with Crippen molar-refractivity contribution in [1.82, 2.24) is 0 Å². The van der Waals surface area contributed by atoms with Crippen molar-refractivity contribution >= 4 is 17.6 Å². The minimum absolute atomic E-state index is 0.0272. The van der Waals surface area contributed by atoms with Crippen LogP contribution in [-0.4, -0.2) is 23.5 Å². The van der Waals surface area contributed by atoms with Crippen LogP contribution in [0.25, 0.3) is 0 Å². The van der Waals surface area contributed by atoms with Gasteiger partial charge in [-0.2, -0.15) is 0 Å². The first-order valence-corrected chi connectivity index (χ1v) is 8.82. The van der Waals surface area contributed by atoms with E-state index in [9.17, 15) is 19.1 Å². The van der Waals surface area contributed by atoms with Crippen LogP contribution >= 0.6 is 0 Å². The van der Waals surface area contributed by atoms with E-state index in [-0.39, 0.29) is 24.3 Å². The fourth-order valence-corrected chi connectivity index (χ4v) is 3.62. The molecule has 5 heteroatoms. The predicted octanol–water partition coefficient (Wildman–Crippen LogP) is 4.06. The summed E-state index contributed by atoms with van der Waals surface area (Å²) in [4.78, 5) is 25.9. The van der Waals surface area contributed by atoms with Gasteiger partial charge in [0, 0.05) is 24.6 Å². The molecule has 0 saturated carbocycles. The molecule has 26 heavy (non-hydrogen) atoms. The van der Waals surface area contributed by atoms with E-state index in [1.54, 1.807) is 23.1 Å². The van der Waals surface area contributed by atoms with Crippen LogP contribution in [0.1, 0.15) is 41.9 Å². The number of rotatable bonds is 5. The highest BCUT2D eigenvalue weighted by Crippen LogP contribution is 2.32. The van der Waals surface area contributed by atoms with Gasteiger partial charge < -0.3 is 10.0 Å². The maximum absolute atomic E-state index is 14.1. The fraction of sp³-hybridized carbons (Fsp3) is 0.333. The van der Waals surface area contributed by atoms with Crippen LogP contribution in [0.4, 0.5) is 10.1 Å². The number of benzene rings is 2. The number of aliphatic carboxylic acids is 1. The molecule has 3 rings (SSSR count). The first-order chi connectivity index (χ1) is 12.5. The largest absolute Gasteiger partial charge is 0.481 e. The third kappa shape index (κ3) is 3.93. The van der Waals surface area contributed by atoms with Crippen molar-refractivity contribution < 1.29 is 19.1 Å². The van der Waals surface area contributed by atoms with Gasteiger partial charge in [0.15, 0.2) is 0 Å². The van der Waals surface area contributed by atoms with Crippen LogP contribution in [0.15, 0.2) is 42.5 Å². The second-order valence-corrected chi connectivity index (χ2v) is 6.80. The molecule has 1 heterocycles. The molecule has 0 saturated heterocycles. The Kier molecular flexibility index (Phi) is 5.35. The summed E-state index contributed by atoms with van der Waals surface area (Å²) in [5.74, 6) is -2.36. The van der Waals surface area contributed by atoms with Gasteiger partial charge in [0.2, 0.25) is 5.91 Å². The summed E-state index contributed by atoms with van der Waals surface area (Å²) in [7, 11) is 0. The average Bonchev–Trinajstić information content (AvgIpc) is 2.60. The highest BCUT2D eigenvalue weighted by Gasteiger charge is 2.27. The monoisotopic (exact) mass is 355 g/mol. The Morgan fingerprint density at radius 3 is 2.69 bits per heavy atom. The summed E-state index contributed by atoms with van der Waals surface area (Å²) >= 11 is 0. The Balaban J connectivity index is 1.85. The van der Waals surface area contributed by atoms with Crippen molar-refractivity contribution in [2.24, 2.45) is 0 Å². The molecule has 2 aromatic carbocycles. The van der Waals surface area contributed by atoms with Crippen LogP contribution in [0.3, 0.4) is 0 Å². The number of anilines is 1. The lowest BCUT2D eigenvalue weighted by Gasteiger charge is -2.31. The van der Waals surface area contributed by atoms with Crippen LogP contribution in [0.2, 0.25) is 0 Å². The Labute approximate surface area is 152 Å². The molecule has 1 atom stereocenters. The zero-order valence-corrected chi connectivity index (χ0v) is 14.7. The molecule has 0 bridgehead atoms. The van der Waals surface area contributed by atoms with Crippen molar-refractivity contribution in [3.63, 3.8) is 0 Å². The quantitative estimate of drug-likeness (QED) is 0.880. The first kappa shape index (κ1) is 18.1. The zero-order valence-electron chi connectivity index (χ0n) is 14.7. The number of hydrogen-bond acceptors (Lipinski definition) is 2. The molecule has 1 unspecified atom stereocenters. The minimum atomic E-state index is -1.04. The number of nitrogens with zero attached hydrogens (tertiary/aromatic N) is 1. The number of amides is 1. The van der Waals surface area contributed by atoms with Crippen molar-refractivity contribution in [3.8, 4) is 0 Å². The molecule has 1 aliphatic rings. The molecule has 0 fully saturated rings. The van der Waals surface area contributed by atoms with Crippen LogP contribution in [0, 0.1) is 12.7 Å². The number of carboxylic acid groups (broad SMARTS) is 1. The summed E-state index contributed by atoms with van der Waals surface area (Å²) in [6, 6.07) is 12.1. The van der Waals surface area contributed by atoms with Crippen molar-refractivity contribution in [2.45, 2.75) is 38.5 Å². The normalized spacial score (nSPS) is 14.6. The van der Waals surface area contributed by atoms with Gasteiger partial charge in [-0.25, -0.2) is 4.39 Å². The Morgan fingerprint density at radius 1 is 1.19 bits per heavy atom. The van der Waals surface area contributed by atoms with Crippen molar-refractivity contribution in [2.75, 3.05) is 11.4 Å². The average molecular weight is 355 g/mol. The lowest BCUT2D eigenvalue weighted by Crippen LogP contribution is -2.36. The number of hydrogen-bond donors (Lipinski definition) is 1. The SMILES string of the molecule is Cc1ccc2c(c1)CCCN2C(=O)CC(CC(=O)O)c1ccccc1F. The Hall–Kier alpha value is -2.69. The zero-order chi connectivity index (χ0) is 18.7. The number of aryl methyl sites for hydroxylation is 2. The van der Waals surface area contributed by atoms with E-state index in [1.165, 1.54) is 6.07 Å². The molecular formula is C21H22FNO3. The van der Waals surface area contributed by atoms with Gasteiger partial charge in [-0.3, -0.25) is 9.59 Å². The Morgan fingerprint density at radius 2 is 1.96 bits per heavy atom. The van der Waals surface area contributed by atoms with Crippen molar-refractivity contribution in [3.05, 3.63) is 65.0 Å². The van der Waals surface area contributed by atoms with Gasteiger partial charge in [-0.05, 0) is 43.0 Å². The molecule has 1 amide bonds. The maximum atomic E-state index is 14.1. The van der Waals surface area contributed by atoms with E-state index < -0.39 is 17.7 Å². The number of carboxylic acids is 1. The highest BCUT2D eigenvalue weighted by atomic mass is 19.1. The first-order valence-electron chi connectivity index (χ1n) is 8.82. The molecule has 1 aliphatic heterocycles. The topological polar surface area (TPSA) is 57.6 Å². The lowest BCUT2D eigenvalue weighted by molar-refractivity contribution is -0.137. The third-order valence-corrected chi connectivity index (χ3v) is 4.84. The second kappa shape index (κ2) is 7.68. The molecular weight excluding hydrogens is 333 g/mol. The molecule has 0 radical (unpaired) electrons. The van der Waals surface area contributed by atoms with Gasteiger partial charge in [0.25, 0.3) is 0 Å². The summed E-state index contributed by atoms with van der Waals surface area (Å²) < 4.78 is 14.1. The molecule has 0 aromatic heterocycles. The van der Waals surface area contributed by atoms with Gasteiger partial charge in [0.05, 0.1) is 6.42 Å². The van der Waals surface area contributed by atoms with Crippen molar-refractivity contribution in [1.29, 1.82) is 0 Å². The number of carbonyl (C=O) groups is 2. The van der Waals surface area contributed by atoms with E-state index in [1.807, 2.05) is 19.1 Å². The van der Waals surface area contributed by atoms with Gasteiger partial charge >= 0.3 is 5.97 Å². The van der Waals surface area contributed by atoms with Crippen LogP contribution in [0.5, 0.6) is 0 Å². The van der Waals surface area contributed by atoms with Gasteiger partial charge in [-0.15, -0.1) is 0 Å². The van der Waals surface area contributed by atoms with Gasteiger partial charge in [-0.1, -0.05) is 35.9 Å². The van der Waals surface area contributed by atoms with Crippen LogP contribution < -0.4 is 4.90 Å². The molecule has 136 valence electrons. The fourth-order valence-electron chi connectivity index (χ4n) is 3.62. The molecule has 0 spiro atoms. The standard InChI is InChI=1S/C21H22FNO3/c1-14-8-9-19-15(11-14)5-4-10-23(19)20(24)12-16(13-21(25)26)17-6-2-3-7-18(17)22/h2-3,6-9,11,16H,4-5,10,12-13H2,1H3,(H,25,26). The predicted molar refractivity (Wildman–Crippen MR) is 97.9 cm³/mol. The van der Waals surface area contributed by atoms with E-state index in [4.69, 9.17) is 0 Å². The molecule has 1 N–H and O–H groups in total. The smallest absolute Gasteiger partial charge is 0.303 e. The maximum Gasteiger partial charge on any atom is 0.303 e. The minimum Gasteiger partial charge on any atom is -0.481 e. The molecule has 2 aromatic rings. The van der Waals surface area contributed by atoms with Gasteiger partial charge in [0.1, 0.15) is 5.82 Å². The van der Waals surface area contributed by atoms with E-state index in [0.717, 1.165) is 29.7 Å². The summed E-state index contributed by atoms with van der Waals surface area (Å²) in [5.41, 5.74) is 3.44. The number of halogens is 1. The van der Waals surface area contributed by atoms with E-state index >= 15 is 0 Å². The molecule has 4 nitrogen and oxygen atoms in total. The van der Waals surface area contributed by atoms with E-state index in [2.05, 4.69) is 6.07 Å². The molecule has 0 aliphatic carbocycles. The lowest BCUT2D eigenvalue weighted by atomic mass is 9.90. The summed E-state index contributed by atoms with van der Waals surface area (Å²) in [5, 5.41) is 9.20. The highest BCUT2D eigenvalue weighted by molar-refractivity contribution is 5.95. The van der Waals surface area contributed by atoms with E-state index in [0.29, 0.717) is 6.54 Å². The second-order valence-electron chi connectivity index (χ2n) is 6.80. The van der Waals surface area contributed by atoms with Crippen LogP contribution in [-0.2, 0) is 16.0 Å².